The Morgan fingerprint density at radius 2 is 1.33 bits per heavy atom. The number of esters is 2. The highest BCUT2D eigenvalue weighted by Crippen LogP contribution is 2.36. The molecule has 4 atom stereocenters. The van der Waals surface area contributed by atoms with Crippen LogP contribution in [0.4, 0.5) is 0 Å². The Bertz CT molecular complexity index is 1340. The minimum atomic E-state index is -4.92. The molecule has 0 saturated carbocycles. The molecule has 0 saturated heterocycles. The van der Waals surface area contributed by atoms with Crippen LogP contribution in [0.3, 0.4) is 0 Å². The van der Waals surface area contributed by atoms with E-state index in [-0.39, 0.29) is 31.4 Å². The second kappa shape index (κ2) is 38.2. The number of phosphoric acid groups is 1. The van der Waals surface area contributed by atoms with Gasteiger partial charge in [-0.1, -0.05) is 131 Å². The third kappa shape index (κ3) is 37.3. The van der Waals surface area contributed by atoms with Gasteiger partial charge in [0.25, 0.3) is 0 Å². The van der Waals surface area contributed by atoms with Crippen molar-refractivity contribution in [3.05, 3.63) is 85.1 Å². The van der Waals surface area contributed by atoms with Crippen LogP contribution in [0.1, 0.15) is 129 Å². The number of carbonyl (C=O) groups excluding carboxylic acids is 2. The Hall–Kier alpha value is -3.03. The minimum Gasteiger partial charge on any atom is -0.481 e. The van der Waals surface area contributed by atoms with Crippen LogP contribution in [0.5, 0.6) is 0 Å². The van der Waals surface area contributed by atoms with Crippen molar-refractivity contribution in [2.75, 3.05) is 19.0 Å². The highest BCUT2D eigenvalue weighted by molar-refractivity contribution is 8.00. The molecule has 0 heterocycles. The Balaban J connectivity index is 4.93. The van der Waals surface area contributed by atoms with Gasteiger partial charge in [-0.25, -0.2) is 4.57 Å². The summed E-state index contributed by atoms with van der Waals surface area (Å²) < 4.78 is 26.5. The molecule has 330 valence electrons. The SMILES string of the molecule is CC/C=C\C/C=C\C/C=C\CCCCCCCC(=O)OC[C@H](COP(=O)(O)O)OC(=O)[C@@H](N)CS[C@H](/C=C/C=C/C=C\C/C=C\CCCCC)[C@@H](O)CCCC(=O)O. The van der Waals surface area contributed by atoms with E-state index in [2.05, 4.69) is 67.0 Å². The minimum absolute atomic E-state index is 0.00523. The number of carbonyl (C=O) groups is 3. The molecule has 0 fully saturated rings. The molecule has 0 radical (unpaired) electrons. The molecule has 6 N–H and O–H groups in total. The number of ether oxygens (including phenoxy) is 2. The van der Waals surface area contributed by atoms with Gasteiger partial charge in [0.1, 0.15) is 12.6 Å². The fraction of sp³-hybridized carbons (Fsp3) is 0.614. The van der Waals surface area contributed by atoms with Gasteiger partial charge in [-0.15, -0.1) is 11.8 Å². The molecule has 0 aliphatic carbocycles. The van der Waals surface area contributed by atoms with Crippen molar-refractivity contribution >= 4 is 37.5 Å². The van der Waals surface area contributed by atoms with Crippen molar-refractivity contribution in [1.29, 1.82) is 0 Å². The molecule has 0 unspecified atom stereocenters. The zero-order valence-electron chi connectivity index (χ0n) is 34.8. The first-order valence-electron chi connectivity index (χ1n) is 20.8. The van der Waals surface area contributed by atoms with Gasteiger partial charge >= 0.3 is 25.7 Å². The zero-order chi connectivity index (χ0) is 43.1. The number of carboxylic acid groups (broad SMARTS) is 1. The molecule has 0 aliphatic rings. The largest absolute Gasteiger partial charge is 0.481 e. The normalized spacial score (nSPS) is 14.9. The maximum absolute atomic E-state index is 12.9. The first-order valence-corrected chi connectivity index (χ1v) is 23.4. The average molecular weight is 854 g/mol. The molecule has 58 heavy (non-hydrogen) atoms. The van der Waals surface area contributed by atoms with Crippen LogP contribution in [0, 0.1) is 0 Å². The number of phosphoric ester groups is 1. The van der Waals surface area contributed by atoms with E-state index in [1.807, 2.05) is 18.2 Å². The number of thioether (sulfide) groups is 1. The monoisotopic (exact) mass is 853 g/mol. The van der Waals surface area contributed by atoms with Crippen molar-refractivity contribution in [2.45, 2.75) is 153 Å². The van der Waals surface area contributed by atoms with Gasteiger partial charge in [0.15, 0.2) is 6.10 Å². The van der Waals surface area contributed by atoms with Gasteiger partial charge in [-0.3, -0.25) is 18.9 Å². The number of hydrogen-bond donors (Lipinski definition) is 5. The summed E-state index contributed by atoms with van der Waals surface area (Å²) in [5.41, 5.74) is 6.11. The molecular weight excluding hydrogens is 782 g/mol. The van der Waals surface area contributed by atoms with Gasteiger partial charge < -0.3 is 35.2 Å². The maximum atomic E-state index is 12.9. The molecule has 0 spiro atoms. The standard InChI is InChI=1S/C44H72NO11PS/c1-3-5-7-9-11-13-15-17-18-19-21-23-25-27-29-34-43(49)54-35-38(36-55-57(51,52)53)56-44(50)39(45)37-58-41(40(46)31-30-33-42(47)48)32-28-26-24-22-20-16-14-12-10-8-6-4-2/h5,7,11-14,17-18,20,22,24,26,28,32,38-41,46H,3-4,6,8-10,15-16,19,21,23,25,27,29-31,33-37,45H2,1-2H3,(H,47,48)(H2,51,52,53)/b7-5-,13-11-,14-12-,18-17-,22-20-,26-24+,32-28+/t38-,39+,40+,41-/m1/s1. The molecule has 0 rings (SSSR count). The topological polar surface area (TPSA) is 203 Å². The van der Waals surface area contributed by atoms with Crippen LogP contribution in [0.2, 0.25) is 0 Å². The number of aliphatic carboxylic acids is 1. The fourth-order valence-corrected chi connectivity index (χ4v) is 6.65. The third-order valence-electron chi connectivity index (χ3n) is 8.40. The number of aliphatic hydroxyl groups is 1. The van der Waals surface area contributed by atoms with Crippen molar-refractivity contribution in [3.8, 4) is 0 Å². The van der Waals surface area contributed by atoms with E-state index in [1.165, 1.54) is 31.0 Å². The molecule has 14 heteroatoms. The first kappa shape index (κ1) is 55.0. The Morgan fingerprint density at radius 1 is 0.724 bits per heavy atom. The Morgan fingerprint density at radius 3 is 1.98 bits per heavy atom. The van der Waals surface area contributed by atoms with Gasteiger partial charge in [0.05, 0.1) is 12.7 Å². The smallest absolute Gasteiger partial charge is 0.469 e. The third-order valence-corrected chi connectivity index (χ3v) is 10.3. The van der Waals surface area contributed by atoms with E-state index in [9.17, 15) is 33.8 Å². The number of aliphatic hydroxyl groups excluding tert-OH is 1. The molecule has 0 aromatic rings. The maximum Gasteiger partial charge on any atom is 0.469 e. The second-order valence-electron chi connectivity index (χ2n) is 13.8. The first-order chi connectivity index (χ1) is 27.9. The number of allylic oxidation sites excluding steroid dienone is 13. The van der Waals surface area contributed by atoms with E-state index < -0.39 is 62.4 Å². The van der Waals surface area contributed by atoms with Crippen LogP contribution in [-0.2, 0) is 32.9 Å². The van der Waals surface area contributed by atoms with Gasteiger partial charge in [0, 0.05) is 23.8 Å². The molecule has 0 amide bonds. The van der Waals surface area contributed by atoms with Crippen LogP contribution in [0.15, 0.2) is 85.1 Å². The summed E-state index contributed by atoms with van der Waals surface area (Å²) >= 11 is 1.17. The predicted octanol–water partition coefficient (Wildman–Crippen LogP) is 9.38. The lowest BCUT2D eigenvalue weighted by molar-refractivity contribution is -0.161. The predicted molar refractivity (Wildman–Crippen MR) is 235 cm³/mol. The quantitative estimate of drug-likeness (QED) is 0.0130. The number of unbranched alkanes of at least 4 members (excludes halogenated alkanes) is 8. The van der Waals surface area contributed by atoms with E-state index in [4.69, 9.17) is 20.3 Å². The van der Waals surface area contributed by atoms with Crippen molar-refractivity contribution < 1.29 is 52.9 Å². The lowest BCUT2D eigenvalue weighted by Crippen LogP contribution is -2.40. The molecule has 0 aromatic heterocycles. The summed E-state index contributed by atoms with van der Waals surface area (Å²) in [5.74, 6) is -2.43. The molecule has 12 nitrogen and oxygen atoms in total. The summed E-state index contributed by atoms with van der Waals surface area (Å²) in [5, 5.41) is 19.3. The lowest BCUT2D eigenvalue weighted by Gasteiger charge is -2.23. The molecule has 0 aliphatic heterocycles. The van der Waals surface area contributed by atoms with Crippen molar-refractivity contribution in [3.63, 3.8) is 0 Å². The molecule has 0 bridgehead atoms. The fourth-order valence-electron chi connectivity index (χ4n) is 5.16. The van der Waals surface area contributed by atoms with Gasteiger partial charge in [-0.2, -0.15) is 0 Å². The second-order valence-corrected chi connectivity index (χ2v) is 16.2. The van der Waals surface area contributed by atoms with Crippen LogP contribution in [0.25, 0.3) is 0 Å². The van der Waals surface area contributed by atoms with Gasteiger partial charge in [-0.05, 0) is 70.6 Å². The van der Waals surface area contributed by atoms with Crippen molar-refractivity contribution in [1.82, 2.24) is 0 Å². The number of nitrogens with two attached hydrogens (primary N) is 1. The number of rotatable bonds is 37. The Kier molecular flexibility index (Phi) is 36.2. The van der Waals surface area contributed by atoms with E-state index in [0.29, 0.717) is 6.42 Å². The summed E-state index contributed by atoms with van der Waals surface area (Å²) in [4.78, 5) is 54.7. The average Bonchev–Trinajstić information content (AvgIpc) is 3.18. The highest BCUT2D eigenvalue weighted by atomic mass is 32.2. The van der Waals surface area contributed by atoms with E-state index in [1.54, 1.807) is 18.2 Å². The number of carboxylic acids is 1. The van der Waals surface area contributed by atoms with Gasteiger partial charge in [0.2, 0.25) is 0 Å². The number of hydrogen-bond acceptors (Lipinski definition) is 10. The van der Waals surface area contributed by atoms with Crippen molar-refractivity contribution in [2.24, 2.45) is 5.73 Å². The molecular formula is C44H72NO11PS. The highest BCUT2D eigenvalue weighted by Gasteiger charge is 2.27. The van der Waals surface area contributed by atoms with Crippen LogP contribution >= 0.6 is 19.6 Å². The summed E-state index contributed by atoms with van der Waals surface area (Å²) in [6.45, 7) is 3.09. The zero-order valence-corrected chi connectivity index (χ0v) is 36.5. The van der Waals surface area contributed by atoms with E-state index >= 15 is 0 Å². The van der Waals surface area contributed by atoms with Crippen LogP contribution in [-0.4, -0.2) is 80.4 Å². The summed E-state index contributed by atoms with van der Waals surface area (Å²) in [7, 11) is -4.92. The summed E-state index contributed by atoms with van der Waals surface area (Å²) in [6, 6.07) is -1.21. The van der Waals surface area contributed by atoms with E-state index in [0.717, 1.165) is 64.2 Å². The Labute approximate surface area is 352 Å². The summed E-state index contributed by atoms with van der Waals surface area (Å²) in [6.07, 6.45) is 40.7. The lowest BCUT2D eigenvalue weighted by atomic mass is 10.1. The van der Waals surface area contributed by atoms with Crippen LogP contribution < -0.4 is 5.73 Å². The molecule has 0 aromatic carbocycles.